The topological polar surface area (TPSA) is 88.6 Å². The second-order valence-electron chi connectivity index (χ2n) is 11.4. The van der Waals surface area contributed by atoms with E-state index in [0.29, 0.717) is 18.3 Å². The van der Waals surface area contributed by atoms with Crippen molar-refractivity contribution in [1.29, 1.82) is 0 Å². The quantitative estimate of drug-likeness (QED) is 0.624. The first-order valence-corrected chi connectivity index (χ1v) is 12.4. The van der Waals surface area contributed by atoms with Crippen LogP contribution in [0.1, 0.15) is 56.9 Å². The fourth-order valence-corrected chi connectivity index (χ4v) is 8.36. The summed E-state index contributed by atoms with van der Waals surface area (Å²) in [6.45, 7) is 2.46. The molecule has 5 aliphatic rings. The Balaban J connectivity index is 1.31. The van der Waals surface area contributed by atoms with Gasteiger partial charge in [0.15, 0.2) is 0 Å². The number of allylic oxidation sites excluding steroid dienone is 1. The molecular weight excluding hydrogens is 412 g/mol. The number of pyridine rings is 1. The summed E-state index contributed by atoms with van der Waals surface area (Å²) in [4.78, 5) is 4.33. The molecule has 1 aromatic heterocycles. The van der Waals surface area contributed by atoms with Crippen LogP contribution in [0.5, 0.6) is 0 Å². The third kappa shape index (κ3) is 2.49. The Morgan fingerprint density at radius 1 is 1.12 bits per heavy atom. The van der Waals surface area contributed by atoms with E-state index in [-0.39, 0.29) is 11.0 Å². The molecule has 5 heteroatoms. The van der Waals surface area contributed by atoms with Crippen LogP contribution >= 0.6 is 0 Å². The highest BCUT2D eigenvalue weighted by Crippen LogP contribution is 2.69. The lowest BCUT2D eigenvalue weighted by Gasteiger charge is -2.55. The van der Waals surface area contributed by atoms with Crippen molar-refractivity contribution in [3.8, 4) is 0 Å². The third-order valence-corrected chi connectivity index (χ3v) is 9.98. The van der Waals surface area contributed by atoms with Gasteiger partial charge in [0, 0.05) is 23.8 Å². The monoisotopic (exact) mass is 444 g/mol. The molecule has 7 rings (SSSR count). The Labute approximate surface area is 194 Å². The van der Waals surface area contributed by atoms with Crippen LogP contribution in [0, 0.1) is 11.3 Å². The number of aliphatic hydroxyl groups is 2. The van der Waals surface area contributed by atoms with E-state index < -0.39 is 23.9 Å². The van der Waals surface area contributed by atoms with Crippen molar-refractivity contribution >= 4 is 10.8 Å². The highest BCUT2D eigenvalue weighted by atomic mass is 16.5. The maximum absolute atomic E-state index is 10.9. The molecule has 1 saturated heterocycles. The lowest BCUT2D eigenvalue weighted by atomic mass is 9.58. The second kappa shape index (κ2) is 6.54. The van der Waals surface area contributed by atoms with Gasteiger partial charge in [0.05, 0.1) is 17.3 Å². The van der Waals surface area contributed by atoms with Gasteiger partial charge in [-0.1, -0.05) is 31.2 Å². The zero-order valence-electron chi connectivity index (χ0n) is 19.1. The molecule has 3 heterocycles. The molecular formula is C28H32N2O3. The van der Waals surface area contributed by atoms with E-state index in [1.807, 2.05) is 12.4 Å². The molecule has 2 bridgehead atoms. The Hall–Kier alpha value is -2.05. The lowest BCUT2D eigenvalue weighted by Crippen LogP contribution is -2.61. The van der Waals surface area contributed by atoms with Crippen molar-refractivity contribution in [2.45, 2.75) is 80.8 Å². The maximum Gasteiger partial charge on any atom is 0.105 e. The first-order chi connectivity index (χ1) is 15.9. The zero-order valence-corrected chi connectivity index (χ0v) is 19.1. The van der Waals surface area contributed by atoms with Crippen molar-refractivity contribution in [2.75, 3.05) is 0 Å². The first-order valence-electron chi connectivity index (χ1n) is 12.4. The first kappa shape index (κ1) is 20.3. The van der Waals surface area contributed by atoms with Crippen LogP contribution in [0.15, 0.2) is 60.0 Å². The summed E-state index contributed by atoms with van der Waals surface area (Å²) >= 11 is 0. The summed E-state index contributed by atoms with van der Waals surface area (Å²) in [6, 6.07) is 8.50. The third-order valence-electron chi connectivity index (χ3n) is 9.98. The van der Waals surface area contributed by atoms with Crippen LogP contribution in [0.2, 0.25) is 0 Å². The minimum Gasteiger partial charge on any atom is -0.388 e. The highest BCUT2D eigenvalue weighted by Gasteiger charge is 2.67. The van der Waals surface area contributed by atoms with Crippen LogP contribution < -0.4 is 5.73 Å². The minimum atomic E-state index is -0.943. The number of benzene rings is 1. The number of aromatic nitrogens is 1. The van der Waals surface area contributed by atoms with Crippen molar-refractivity contribution in [2.24, 2.45) is 17.1 Å². The predicted molar refractivity (Wildman–Crippen MR) is 126 cm³/mol. The van der Waals surface area contributed by atoms with Crippen molar-refractivity contribution in [3.63, 3.8) is 0 Å². The van der Waals surface area contributed by atoms with Crippen molar-refractivity contribution in [1.82, 2.24) is 4.98 Å². The van der Waals surface area contributed by atoms with Gasteiger partial charge in [0.25, 0.3) is 0 Å². The Morgan fingerprint density at radius 2 is 2.00 bits per heavy atom. The molecule has 2 spiro atoms. The second-order valence-corrected chi connectivity index (χ2v) is 11.4. The van der Waals surface area contributed by atoms with E-state index in [1.165, 1.54) is 21.9 Å². The molecule has 33 heavy (non-hydrogen) atoms. The lowest BCUT2D eigenvalue weighted by molar-refractivity contribution is -0.155. The molecule has 4 N–H and O–H groups in total. The van der Waals surface area contributed by atoms with E-state index in [0.717, 1.165) is 37.7 Å². The number of fused-ring (bicyclic) bond motifs is 2. The molecule has 0 amide bonds. The van der Waals surface area contributed by atoms with Crippen LogP contribution in [-0.2, 0) is 4.74 Å². The van der Waals surface area contributed by atoms with E-state index in [2.05, 4.69) is 48.3 Å². The van der Waals surface area contributed by atoms with Crippen LogP contribution in [0.25, 0.3) is 10.8 Å². The summed E-state index contributed by atoms with van der Waals surface area (Å²) in [5, 5.41) is 23.7. The normalized spacial score (nSPS) is 45.8. The molecule has 3 fully saturated rings. The molecule has 5 nitrogen and oxygen atoms in total. The van der Waals surface area contributed by atoms with E-state index in [9.17, 15) is 10.2 Å². The van der Waals surface area contributed by atoms with Gasteiger partial charge in [-0.05, 0) is 90.0 Å². The standard InChI is InChI=1S/C28H32N2O3/c1-26-8-6-19-13-21-24(31)25(32)22(29)14-27(21)9-10-28(19,33-27)23(26)5-4-20(26)17-3-2-16-7-11-30-15-18(16)12-17/h2-3,6-7,11-13,15,20,22-25,31-32H,4-5,8-10,14,29H2,1H3. The summed E-state index contributed by atoms with van der Waals surface area (Å²) in [7, 11) is 0. The summed E-state index contributed by atoms with van der Waals surface area (Å²) in [5.41, 5.74) is 9.02. The highest BCUT2D eigenvalue weighted by molar-refractivity contribution is 5.82. The molecule has 172 valence electrons. The average Bonchev–Trinajstić information content (AvgIpc) is 3.33. The average molecular weight is 445 g/mol. The molecule has 2 aliphatic heterocycles. The largest absolute Gasteiger partial charge is 0.388 e. The number of aliphatic hydroxyl groups excluding tert-OH is 2. The van der Waals surface area contributed by atoms with Crippen molar-refractivity contribution < 1.29 is 14.9 Å². The molecule has 3 aliphatic carbocycles. The minimum absolute atomic E-state index is 0.116. The predicted octanol–water partition coefficient (Wildman–Crippen LogP) is 3.75. The number of ether oxygens (including phenoxy) is 1. The maximum atomic E-state index is 10.9. The van der Waals surface area contributed by atoms with Gasteiger partial charge in [0.2, 0.25) is 0 Å². The van der Waals surface area contributed by atoms with Gasteiger partial charge in [-0.15, -0.1) is 0 Å². The molecule has 1 aromatic carbocycles. The van der Waals surface area contributed by atoms with E-state index in [1.54, 1.807) is 0 Å². The molecule has 8 atom stereocenters. The van der Waals surface area contributed by atoms with Crippen LogP contribution in [0.3, 0.4) is 0 Å². The van der Waals surface area contributed by atoms with E-state index >= 15 is 0 Å². The zero-order chi connectivity index (χ0) is 22.6. The van der Waals surface area contributed by atoms with Crippen LogP contribution in [0.4, 0.5) is 0 Å². The van der Waals surface area contributed by atoms with Crippen molar-refractivity contribution in [3.05, 3.63) is 65.5 Å². The number of rotatable bonds is 1. The van der Waals surface area contributed by atoms with Gasteiger partial charge in [-0.3, -0.25) is 4.98 Å². The number of hydrogen-bond acceptors (Lipinski definition) is 5. The Bertz CT molecular complexity index is 1220. The number of nitrogens with zero attached hydrogens (tertiary/aromatic N) is 1. The SMILES string of the molecule is CC12CC=C3C=C4C(O)C(O)C(N)CC45CCC3(O5)C1CCC2c1ccc2ccncc2c1. The van der Waals surface area contributed by atoms with Gasteiger partial charge in [0.1, 0.15) is 6.10 Å². The van der Waals surface area contributed by atoms with Gasteiger partial charge < -0.3 is 20.7 Å². The van der Waals surface area contributed by atoms with Gasteiger partial charge in [-0.2, -0.15) is 0 Å². The molecule has 2 aromatic rings. The smallest absolute Gasteiger partial charge is 0.105 e. The summed E-state index contributed by atoms with van der Waals surface area (Å²) in [6.07, 6.45) is 12.2. The summed E-state index contributed by atoms with van der Waals surface area (Å²) in [5.74, 6) is 0.905. The summed E-state index contributed by atoms with van der Waals surface area (Å²) < 4.78 is 7.11. The van der Waals surface area contributed by atoms with Crippen LogP contribution in [-0.4, -0.2) is 44.6 Å². The fourth-order valence-electron chi connectivity index (χ4n) is 8.36. The Morgan fingerprint density at radius 3 is 2.88 bits per heavy atom. The number of nitrogens with two attached hydrogens (primary N) is 1. The molecule has 8 unspecified atom stereocenters. The number of hydrogen-bond donors (Lipinski definition) is 3. The van der Waals surface area contributed by atoms with Gasteiger partial charge in [-0.25, -0.2) is 0 Å². The molecule has 2 saturated carbocycles. The molecule has 0 radical (unpaired) electrons. The Kier molecular flexibility index (Phi) is 4.03. The fraction of sp³-hybridized carbons (Fsp3) is 0.536. The van der Waals surface area contributed by atoms with Gasteiger partial charge >= 0.3 is 0 Å². The van der Waals surface area contributed by atoms with E-state index in [4.69, 9.17) is 10.5 Å².